The molecule has 1 fully saturated rings. The Labute approximate surface area is 161 Å². The number of halogens is 2. The fraction of sp³-hybridized carbons (Fsp3) is 0.455. The molecule has 1 aliphatic rings. The monoisotopic (exact) mass is 389 g/mol. The highest BCUT2D eigenvalue weighted by molar-refractivity contribution is 6.99. The molecule has 0 aliphatic heterocycles. The summed E-state index contributed by atoms with van der Waals surface area (Å²) >= 11 is 0. The summed E-state index contributed by atoms with van der Waals surface area (Å²) in [5, 5.41) is 2.00. The smallest absolute Gasteiger partial charge is 0.261 e. The van der Waals surface area contributed by atoms with Crippen LogP contribution in [-0.2, 0) is 4.43 Å². The third-order valence-electron chi connectivity index (χ3n) is 5.64. The highest BCUT2D eigenvalue weighted by atomic mass is 28.4. The second-order valence-corrected chi connectivity index (χ2v) is 12.9. The van der Waals surface area contributed by atoms with E-state index in [1.165, 1.54) is 0 Å². The largest absolute Gasteiger partial charge is 0.407 e. The van der Waals surface area contributed by atoms with E-state index in [9.17, 15) is 8.78 Å². The summed E-state index contributed by atoms with van der Waals surface area (Å²) in [4.78, 5) is 0. The van der Waals surface area contributed by atoms with Gasteiger partial charge in [0.15, 0.2) is 0 Å². The van der Waals surface area contributed by atoms with Gasteiger partial charge in [-0.2, -0.15) is 0 Å². The molecule has 0 saturated heterocycles. The Morgan fingerprint density at radius 3 is 1.85 bits per heavy atom. The van der Waals surface area contributed by atoms with Crippen LogP contribution in [0.2, 0.25) is 5.04 Å². The van der Waals surface area contributed by atoms with Crippen LogP contribution in [0.5, 0.6) is 0 Å². The molecule has 146 valence electrons. The van der Waals surface area contributed by atoms with Crippen molar-refractivity contribution in [1.29, 1.82) is 0 Å². The normalized spacial score (nSPS) is 22.7. The second kappa shape index (κ2) is 7.45. The van der Waals surface area contributed by atoms with Crippen LogP contribution in [0.4, 0.5) is 8.78 Å². The maximum absolute atomic E-state index is 14.4. The van der Waals surface area contributed by atoms with Gasteiger partial charge in [-0.15, -0.1) is 0 Å². The molecule has 5 heteroatoms. The van der Waals surface area contributed by atoms with Gasteiger partial charge in [-0.3, -0.25) is 0 Å². The van der Waals surface area contributed by atoms with Crippen molar-refractivity contribution < 1.29 is 13.2 Å². The van der Waals surface area contributed by atoms with E-state index in [2.05, 4.69) is 45.0 Å². The average molecular weight is 390 g/mol. The Morgan fingerprint density at radius 1 is 1.00 bits per heavy atom. The zero-order valence-electron chi connectivity index (χ0n) is 16.3. The van der Waals surface area contributed by atoms with Crippen molar-refractivity contribution in [3.8, 4) is 0 Å². The van der Waals surface area contributed by atoms with Crippen LogP contribution in [0.1, 0.15) is 33.6 Å². The lowest BCUT2D eigenvalue weighted by molar-refractivity contribution is -0.0521. The van der Waals surface area contributed by atoms with E-state index in [-0.39, 0.29) is 18.1 Å². The molecule has 3 rings (SSSR count). The molecule has 0 heterocycles. The van der Waals surface area contributed by atoms with Crippen LogP contribution in [0, 0.1) is 5.92 Å². The highest BCUT2D eigenvalue weighted by Gasteiger charge is 2.53. The fourth-order valence-electron chi connectivity index (χ4n) is 4.31. The van der Waals surface area contributed by atoms with E-state index < -0.39 is 26.2 Å². The Kier molecular flexibility index (Phi) is 5.57. The van der Waals surface area contributed by atoms with Gasteiger partial charge in [-0.1, -0.05) is 81.4 Å². The first kappa shape index (κ1) is 20.2. The standard InChI is InChI=1S/C22H29F2NOSi/c1-21(2,3)27(19-10-6-4-7-11-19,20-12-8-5-9-13-20)26-16-17-14-18(25)15-22(17,23)24/h4-13,17-18H,14-16,25H2,1-3H3/t17-,18-/m0/s1. The lowest BCUT2D eigenvalue weighted by atomic mass is 10.1. The molecule has 1 aliphatic carbocycles. The lowest BCUT2D eigenvalue weighted by Crippen LogP contribution is -2.67. The summed E-state index contributed by atoms with van der Waals surface area (Å²) in [6.07, 6.45) is 0.0625. The minimum absolute atomic E-state index is 0.0357. The van der Waals surface area contributed by atoms with Crippen LogP contribution in [0.25, 0.3) is 0 Å². The van der Waals surface area contributed by atoms with Gasteiger partial charge in [0.1, 0.15) is 0 Å². The molecule has 0 spiro atoms. The minimum atomic E-state index is -2.78. The van der Waals surface area contributed by atoms with Crippen molar-refractivity contribution in [1.82, 2.24) is 0 Å². The number of rotatable bonds is 5. The van der Waals surface area contributed by atoms with Crippen molar-refractivity contribution in [2.24, 2.45) is 11.7 Å². The molecule has 2 atom stereocenters. The summed E-state index contributed by atoms with van der Waals surface area (Å²) in [7, 11) is -2.78. The molecule has 2 N–H and O–H groups in total. The molecule has 0 bridgehead atoms. The average Bonchev–Trinajstić information content (AvgIpc) is 2.88. The van der Waals surface area contributed by atoms with Gasteiger partial charge in [0.25, 0.3) is 14.2 Å². The van der Waals surface area contributed by atoms with Gasteiger partial charge in [-0.25, -0.2) is 8.78 Å². The first-order valence-electron chi connectivity index (χ1n) is 9.55. The van der Waals surface area contributed by atoms with E-state index in [1.54, 1.807) is 0 Å². The predicted molar refractivity (Wildman–Crippen MR) is 109 cm³/mol. The van der Waals surface area contributed by atoms with E-state index in [0.717, 1.165) is 10.4 Å². The third-order valence-corrected chi connectivity index (χ3v) is 10.6. The van der Waals surface area contributed by atoms with Crippen LogP contribution in [-0.4, -0.2) is 26.9 Å². The fourth-order valence-corrected chi connectivity index (χ4v) is 8.92. The molecule has 2 aromatic rings. The van der Waals surface area contributed by atoms with Crippen LogP contribution in [0.15, 0.2) is 60.7 Å². The van der Waals surface area contributed by atoms with E-state index in [0.29, 0.717) is 6.42 Å². The molecular formula is C22H29F2NOSi. The Morgan fingerprint density at radius 2 is 1.48 bits per heavy atom. The van der Waals surface area contributed by atoms with Crippen molar-refractivity contribution in [2.45, 2.75) is 50.6 Å². The van der Waals surface area contributed by atoms with Gasteiger partial charge < -0.3 is 10.2 Å². The molecule has 2 nitrogen and oxygen atoms in total. The van der Waals surface area contributed by atoms with E-state index in [1.807, 2.05) is 36.4 Å². The quantitative estimate of drug-likeness (QED) is 0.787. The van der Waals surface area contributed by atoms with Gasteiger partial charge in [0.2, 0.25) is 0 Å². The number of alkyl halides is 2. The molecule has 0 amide bonds. The molecule has 0 aromatic heterocycles. The van der Waals surface area contributed by atoms with Crippen LogP contribution < -0.4 is 16.1 Å². The topological polar surface area (TPSA) is 35.2 Å². The Bertz CT molecular complexity index is 706. The van der Waals surface area contributed by atoms with Crippen molar-refractivity contribution >= 4 is 18.7 Å². The highest BCUT2D eigenvalue weighted by Crippen LogP contribution is 2.42. The number of benzene rings is 2. The van der Waals surface area contributed by atoms with E-state index in [4.69, 9.17) is 10.2 Å². The second-order valence-electron chi connectivity index (χ2n) is 8.63. The SMILES string of the molecule is CC(C)(C)[Si](OC[C@@H]1C[C@H](N)CC1(F)F)(c1ccccc1)c1ccccc1. The van der Waals surface area contributed by atoms with Gasteiger partial charge in [-0.05, 0) is 21.8 Å². The molecule has 2 aromatic carbocycles. The van der Waals surface area contributed by atoms with E-state index >= 15 is 0 Å². The van der Waals surface area contributed by atoms with Crippen molar-refractivity contribution in [2.75, 3.05) is 6.61 Å². The predicted octanol–water partition coefficient (Wildman–Crippen LogP) is 3.94. The lowest BCUT2D eigenvalue weighted by Gasteiger charge is -2.43. The van der Waals surface area contributed by atoms with Crippen LogP contribution >= 0.6 is 0 Å². The molecule has 1 saturated carbocycles. The van der Waals surface area contributed by atoms with Crippen molar-refractivity contribution in [3.63, 3.8) is 0 Å². The van der Waals surface area contributed by atoms with Crippen molar-refractivity contribution in [3.05, 3.63) is 60.7 Å². The number of nitrogens with two attached hydrogens (primary N) is 1. The summed E-state index contributed by atoms with van der Waals surface area (Å²) in [6.45, 7) is 6.49. The first-order valence-corrected chi connectivity index (χ1v) is 11.5. The third kappa shape index (κ3) is 3.86. The van der Waals surface area contributed by atoms with Gasteiger partial charge >= 0.3 is 0 Å². The molecule has 0 unspecified atom stereocenters. The number of hydrogen-bond acceptors (Lipinski definition) is 2. The molecule has 0 radical (unpaired) electrons. The zero-order chi connectivity index (χ0) is 19.7. The summed E-state index contributed by atoms with van der Waals surface area (Å²) < 4.78 is 35.4. The minimum Gasteiger partial charge on any atom is -0.407 e. The summed E-state index contributed by atoms with van der Waals surface area (Å²) in [6, 6.07) is 19.8. The first-order chi connectivity index (χ1) is 12.7. The maximum atomic E-state index is 14.4. The Balaban J connectivity index is 2.05. The van der Waals surface area contributed by atoms with Crippen LogP contribution in [0.3, 0.4) is 0 Å². The summed E-state index contributed by atoms with van der Waals surface area (Å²) in [5.74, 6) is -3.58. The maximum Gasteiger partial charge on any atom is 0.261 e. The van der Waals surface area contributed by atoms with Gasteiger partial charge in [0.05, 0.1) is 0 Å². The zero-order valence-corrected chi connectivity index (χ0v) is 17.3. The number of hydrogen-bond donors (Lipinski definition) is 1. The summed E-state index contributed by atoms with van der Waals surface area (Å²) in [5.41, 5.74) is 5.82. The Hall–Kier alpha value is -1.56. The molecule has 27 heavy (non-hydrogen) atoms. The van der Waals surface area contributed by atoms with Gasteiger partial charge in [0, 0.05) is 25.0 Å². The molecular weight excluding hydrogens is 360 g/mol.